The maximum atomic E-state index is 11.6. The van der Waals surface area contributed by atoms with E-state index < -0.39 is 5.97 Å². The molecule has 33 heavy (non-hydrogen) atoms. The van der Waals surface area contributed by atoms with E-state index in [9.17, 15) is 20.0 Å². The zero-order chi connectivity index (χ0) is 23.1. The summed E-state index contributed by atoms with van der Waals surface area (Å²) in [5.41, 5.74) is 3.23. The van der Waals surface area contributed by atoms with Crippen LogP contribution in [0.3, 0.4) is 0 Å². The van der Waals surface area contributed by atoms with Crippen LogP contribution in [0.25, 0.3) is 0 Å². The van der Waals surface area contributed by atoms with Crippen LogP contribution in [0.15, 0.2) is 77.7 Å². The summed E-state index contributed by atoms with van der Waals surface area (Å²) in [7, 11) is 0. The average Bonchev–Trinajstić information content (AvgIpc) is 3.15. The number of carboxylic acids is 1. The molecule has 3 aromatic rings. The molecule has 168 valence electrons. The summed E-state index contributed by atoms with van der Waals surface area (Å²) in [5, 5.41) is 24.3. The highest BCUT2D eigenvalue weighted by atomic mass is 35.5. The summed E-state index contributed by atoms with van der Waals surface area (Å²) in [5.74, 6) is -0.936. The van der Waals surface area contributed by atoms with E-state index in [1.165, 1.54) is 17.8 Å². The molecule has 1 saturated carbocycles. The number of nitrogens with one attached hydrogen (secondary N) is 1. The van der Waals surface area contributed by atoms with E-state index in [1.54, 1.807) is 30.3 Å². The minimum Gasteiger partial charge on any atom is -0.478 e. The van der Waals surface area contributed by atoms with Gasteiger partial charge >= 0.3 is 5.97 Å². The van der Waals surface area contributed by atoms with Crippen LogP contribution >= 0.6 is 23.4 Å². The van der Waals surface area contributed by atoms with E-state index in [1.807, 2.05) is 24.3 Å². The van der Waals surface area contributed by atoms with Crippen LogP contribution < -0.4 is 5.32 Å². The molecule has 0 amide bonds. The van der Waals surface area contributed by atoms with Crippen molar-refractivity contribution in [2.75, 3.05) is 5.32 Å². The Balaban J connectivity index is 1.55. The molecule has 1 aliphatic carbocycles. The zero-order valence-corrected chi connectivity index (χ0v) is 19.0. The van der Waals surface area contributed by atoms with Gasteiger partial charge in [-0.1, -0.05) is 42.5 Å². The fourth-order valence-electron chi connectivity index (χ4n) is 5.11. The SMILES string of the molecule is O=C(O)c1ccc2c(c1)[C@@H]1[C@H](Cl)[C@H](Sc3ccccc3[N+](=O)[O-])C[C@@H]1[C@@H](c1ccccc1)N2. The third-order valence-electron chi connectivity index (χ3n) is 6.56. The Morgan fingerprint density at radius 1 is 1.09 bits per heavy atom. The largest absolute Gasteiger partial charge is 0.478 e. The molecule has 2 aliphatic rings. The Morgan fingerprint density at radius 2 is 1.82 bits per heavy atom. The zero-order valence-electron chi connectivity index (χ0n) is 17.4. The summed E-state index contributed by atoms with van der Waals surface area (Å²) in [6.07, 6.45) is 0.749. The van der Waals surface area contributed by atoms with Crippen LogP contribution in [0.1, 0.15) is 39.9 Å². The number of aromatic carboxylic acids is 1. The Labute approximate surface area is 200 Å². The van der Waals surface area contributed by atoms with E-state index in [0.29, 0.717) is 4.90 Å². The number of anilines is 1. The number of para-hydroxylation sites is 1. The van der Waals surface area contributed by atoms with Gasteiger partial charge in [0.1, 0.15) is 0 Å². The highest BCUT2D eigenvalue weighted by molar-refractivity contribution is 8.00. The van der Waals surface area contributed by atoms with Crippen molar-refractivity contribution < 1.29 is 14.8 Å². The highest BCUT2D eigenvalue weighted by Gasteiger charge is 2.50. The van der Waals surface area contributed by atoms with Crippen LogP contribution in [-0.2, 0) is 0 Å². The number of nitro groups is 1. The van der Waals surface area contributed by atoms with Crippen LogP contribution in [0, 0.1) is 16.0 Å². The molecular formula is C25H21ClN2O4S. The van der Waals surface area contributed by atoms with Gasteiger partial charge in [-0.05, 0) is 47.7 Å². The molecule has 0 aromatic heterocycles. The minimum atomic E-state index is -0.977. The van der Waals surface area contributed by atoms with Gasteiger partial charge in [-0.15, -0.1) is 23.4 Å². The lowest BCUT2D eigenvalue weighted by atomic mass is 9.77. The van der Waals surface area contributed by atoms with Crippen LogP contribution in [-0.4, -0.2) is 26.6 Å². The van der Waals surface area contributed by atoms with Crippen molar-refractivity contribution >= 4 is 40.7 Å². The maximum absolute atomic E-state index is 11.6. The number of nitrogens with zero attached hydrogens (tertiary/aromatic N) is 1. The maximum Gasteiger partial charge on any atom is 0.335 e. The van der Waals surface area contributed by atoms with Crippen molar-refractivity contribution in [1.82, 2.24) is 0 Å². The van der Waals surface area contributed by atoms with Crippen LogP contribution in [0.4, 0.5) is 11.4 Å². The Kier molecular flexibility index (Phi) is 5.76. The standard InChI is InChI=1S/C25H21ClN2O4S/c26-23-21(33-20-9-5-4-8-19(20)28(31)32)13-17-22(23)16-12-15(25(29)30)10-11-18(16)27-24(17)14-6-2-1-3-7-14/h1-12,17,21-24,27H,13H2,(H,29,30)/t17-,21+,22-,23+,24+/m0/s1. The third-order valence-corrected chi connectivity index (χ3v) is 8.67. The number of thioether (sulfide) groups is 1. The van der Waals surface area contributed by atoms with E-state index >= 15 is 0 Å². The molecule has 6 nitrogen and oxygen atoms in total. The van der Waals surface area contributed by atoms with Crippen LogP contribution in [0.5, 0.6) is 0 Å². The quantitative estimate of drug-likeness (QED) is 0.252. The predicted molar refractivity (Wildman–Crippen MR) is 129 cm³/mol. The van der Waals surface area contributed by atoms with E-state index in [0.717, 1.165) is 23.2 Å². The second kappa shape index (κ2) is 8.72. The van der Waals surface area contributed by atoms with Gasteiger partial charge in [-0.25, -0.2) is 4.79 Å². The first-order valence-corrected chi connectivity index (χ1v) is 12.0. The molecule has 5 atom stereocenters. The van der Waals surface area contributed by atoms with Crippen molar-refractivity contribution in [2.24, 2.45) is 5.92 Å². The first kappa shape index (κ1) is 21.8. The second-order valence-electron chi connectivity index (χ2n) is 8.39. The molecular weight excluding hydrogens is 460 g/mol. The molecule has 0 radical (unpaired) electrons. The highest BCUT2D eigenvalue weighted by Crippen LogP contribution is 2.58. The Hall–Kier alpha value is -3.03. The summed E-state index contributed by atoms with van der Waals surface area (Å²) in [6, 6.07) is 22.0. The number of fused-ring (bicyclic) bond motifs is 3. The normalized spacial score (nSPS) is 25.5. The fourth-order valence-corrected chi connectivity index (χ4v) is 7.05. The van der Waals surface area contributed by atoms with Gasteiger partial charge in [-0.2, -0.15) is 0 Å². The Bertz CT molecular complexity index is 1220. The number of hydrogen-bond donors (Lipinski definition) is 2. The number of alkyl halides is 1. The lowest BCUT2D eigenvalue weighted by Gasteiger charge is -2.38. The molecule has 3 aromatic carbocycles. The van der Waals surface area contributed by atoms with Gasteiger partial charge in [0.15, 0.2) is 0 Å². The summed E-state index contributed by atoms with van der Waals surface area (Å²) in [4.78, 5) is 23.4. The summed E-state index contributed by atoms with van der Waals surface area (Å²) < 4.78 is 0. The molecule has 0 spiro atoms. The molecule has 8 heteroatoms. The first-order valence-electron chi connectivity index (χ1n) is 10.7. The van der Waals surface area contributed by atoms with E-state index in [2.05, 4.69) is 17.4 Å². The van der Waals surface area contributed by atoms with Crippen molar-refractivity contribution in [3.05, 3.63) is 99.6 Å². The van der Waals surface area contributed by atoms with Gasteiger partial charge in [0.2, 0.25) is 0 Å². The molecule has 0 unspecified atom stereocenters. The minimum absolute atomic E-state index is 0.0111. The van der Waals surface area contributed by atoms with Crippen molar-refractivity contribution in [1.29, 1.82) is 0 Å². The predicted octanol–water partition coefficient (Wildman–Crippen LogP) is 6.33. The topological polar surface area (TPSA) is 92.5 Å². The number of hydrogen-bond acceptors (Lipinski definition) is 5. The molecule has 0 saturated heterocycles. The number of carbonyl (C=O) groups is 1. The molecule has 1 fully saturated rings. The lowest BCUT2D eigenvalue weighted by Crippen LogP contribution is -2.31. The third kappa shape index (κ3) is 3.96. The molecule has 5 rings (SSSR count). The summed E-state index contributed by atoms with van der Waals surface area (Å²) >= 11 is 8.53. The molecule has 1 aliphatic heterocycles. The molecule has 0 bridgehead atoms. The van der Waals surface area contributed by atoms with Crippen LogP contribution in [0.2, 0.25) is 0 Å². The average molecular weight is 481 g/mol. The number of halogens is 1. The van der Waals surface area contributed by atoms with Gasteiger partial charge in [0.05, 0.1) is 26.8 Å². The van der Waals surface area contributed by atoms with Crippen molar-refractivity contribution in [3.8, 4) is 0 Å². The lowest BCUT2D eigenvalue weighted by molar-refractivity contribution is -0.387. The van der Waals surface area contributed by atoms with Gasteiger partial charge in [-0.3, -0.25) is 10.1 Å². The number of carboxylic acid groups (broad SMARTS) is 1. The smallest absolute Gasteiger partial charge is 0.335 e. The second-order valence-corrected chi connectivity index (χ2v) is 10.2. The number of rotatable bonds is 5. The fraction of sp³-hybridized carbons (Fsp3) is 0.240. The van der Waals surface area contributed by atoms with E-state index in [4.69, 9.17) is 11.6 Å². The van der Waals surface area contributed by atoms with E-state index in [-0.39, 0.29) is 44.7 Å². The molecule has 2 N–H and O–H groups in total. The Morgan fingerprint density at radius 3 is 2.55 bits per heavy atom. The number of benzene rings is 3. The van der Waals surface area contributed by atoms with Gasteiger partial charge in [0.25, 0.3) is 5.69 Å². The monoisotopic (exact) mass is 480 g/mol. The van der Waals surface area contributed by atoms with Crippen molar-refractivity contribution in [2.45, 2.75) is 33.9 Å². The van der Waals surface area contributed by atoms with Crippen molar-refractivity contribution in [3.63, 3.8) is 0 Å². The first-order chi connectivity index (χ1) is 15.9. The van der Waals surface area contributed by atoms with Gasteiger partial charge in [0, 0.05) is 22.9 Å². The molecule has 1 heterocycles. The van der Waals surface area contributed by atoms with Gasteiger partial charge < -0.3 is 10.4 Å². The summed E-state index contributed by atoms with van der Waals surface area (Å²) in [6.45, 7) is 0. The number of nitro benzene ring substituents is 1.